The summed E-state index contributed by atoms with van der Waals surface area (Å²) in [6.45, 7) is 11.6. The number of hydrogen-bond acceptors (Lipinski definition) is 5. The van der Waals surface area contributed by atoms with Crippen LogP contribution < -0.4 is 4.74 Å². The van der Waals surface area contributed by atoms with Crippen LogP contribution in [-0.2, 0) is 10.2 Å². The van der Waals surface area contributed by atoms with Crippen molar-refractivity contribution in [3.63, 3.8) is 0 Å². The molecule has 0 spiro atoms. The molecule has 44 heavy (non-hydrogen) atoms. The van der Waals surface area contributed by atoms with Crippen molar-refractivity contribution in [1.29, 1.82) is 0 Å². The van der Waals surface area contributed by atoms with Crippen molar-refractivity contribution < 1.29 is 14.3 Å². The molecule has 0 aromatic heterocycles. The second-order valence-electron chi connectivity index (χ2n) is 11.9. The zero-order valence-electron chi connectivity index (χ0n) is 25.5. The molecule has 2 aliphatic heterocycles. The van der Waals surface area contributed by atoms with Gasteiger partial charge in [0.25, 0.3) is 0 Å². The Bertz CT molecular complexity index is 1480. The van der Waals surface area contributed by atoms with Gasteiger partial charge in [0.05, 0.1) is 24.8 Å². The van der Waals surface area contributed by atoms with Gasteiger partial charge in [0.15, 0.2) is 0 Å². The molecule has 5 rings (SSSR count). The van der Waals surface area contributed by atoms with Gasteiger partial charge in [0.1, 0.15) is 23.9 Å². The van der Waals surface area contributed by atoms with E-state index < -0.39 is 12.1 Å². The third-order valence-corrected chi connectivity index (χ3v) is 8.56. The van der Waals surface area contributed by atoms with E-state index in [4.69, 9.17) is 32.9 Å². The van der Waals surface area contributed by atoms with Crippen LogP contribution in [0.3, 0.4) is 0 Å². The maximum Gasteiger partial charge on any atom is 0.326 e. The van der Waals surface area contributed by atoms with Gasteiger partial charge in [-0.3, -0.25) is 14.8 Å². The van der Waals surface area contributed by atoms with Crippen LogP contribution >= 0.6 is 35.6 Å². The van der Waals surface area contributed by atoms with Gasteiger partial charge in [-0.2, -0.15) is 0 Å². The van der Waals surface area contributed by atoms with Gasteiger partial charge in [0.2, 0.25) is 0 Å². The number of carbonyl (C=O) groups excluding carboxylic acids is 2. The number of halogens is 3. The van der Waals surface area contributed by atoms with Gasteiger partial charge in [-0.25, -0.2) is 4.79 Å². The predicted molar refractivity (Wildman–Crippen MR) is 180 cm³/mol. The molecule has 0 N–H and O–H groups in total. The molecule has 0 bridgehead atoms. The summed E-state index contributed by atoms with van der Waals surface area (Å²) in [6, 6.07) is 20.5. The lowest BCUT2D eigenvalue weighted by atomic mass is 9.86. The number of piperazine rings is 1. The molecular weight excluding hydrogens is 619 g/mol. The first-order valence-corrected chi connectivity index (χ1v) is 15.5. The Labute approximate surface area is 276 Å². The minimum Gasteiger partial charge on any atom is -0.493 e. The third-order valence-electron chi connectivity index (χ3n) is 8.06. The van der Waals surface area contributed by atoms with Gasteiger partial charge in [-0.1, -0.05) is 74.3 Å². The summed E-state index contributed by atoms with van der Waals surface area (Å²) in [5.41, 5.74) is 3.66. The van der Waals surface area contributed by atoms with Gasteiger partial charge >= 0.3 is 6.03 Å². The maximum absolute atomic E-state index is 14.6. The first kappa shape index (κ1) is 33.8. The molecule has 2 aliphatic rings. The van der Waals surface area contributed by atoms with Gasteiger partial charge in [0, 0.05) is 36.2 Å². The lowest BCUT2D eigenvalue weighted by Crippen LogP contribution is -2.54. The molecule has 3 aromatic rings. The molecule has 3 aromatic carbocycles. The number of aldehydes is 1. The van der Waals surface area contributed by atoms with Crippen molar-refractivity contribution in [2.75, 3.05) is 39.3 Å². The smallest absolute Gasteiger partial charge is 0.326 e. The van der Waals surface area contributed by atoms with Crippen molar-refractivity contribution in [2.45, 2.75) is 45.2 Å². The van der Waals surface area contributed by atoms with E-state index in [0.29, 0.717) is 61.0 Å². The van der Waals surface area contributed by atoms with E-state index in [1.54, 1.807) is 0 Å². The number of amides is 2. The van der Waals surface area contributed by atoms with E-state index >= 15 is 0 Å². The highest BCUT2D eigenvalue weighted by molar-refractivity contribution is 6.30. The standard InChI is InChI=1S/C34H38Cl2N4O3.ClH/c1-5-43-29-22-25(34(2,3)4)10-15-28(29)32-37-30(23-6-11-26(35)12-7-23)31(24-8-13-27(36)14-9-24)40(32)33(42)39-18-16-38(17-19-39)20-21-41;/h6-15,21-22,30-31H,5,16-20H2,1-4H3;1H/t30-,31+;/m0./s1. The van der Waals surface area contributed by atoms with Crippen molar-refractivity contribution in [3.05, 3.63) is 99.0 Å². The number of benzene rings is 3. The lowest BCUT2D eigenvalue weighted by molar-refractivity contribution is -0.109. The summed E-state index contributed by atoms with van der Waals surface area (Å²) in [5, 5.41) is 1.25. The van der Waals surface area contributed by atoms with Crippen LogP contribution in [0.15, 0.2) is 71.7 Å². The van der Waals surface area contributed by atoms with Crippen molar-refractivity contribution >= 4 is 53.8 Å². The average molecular weight is 658 g/mol. The number of urea groups is 1. The number of nitrogens with zero attached hydrogens (tertiary/aromatic N) is 4. The fourth-order valence-corrected chi connectivity index (χ4v) is 5.93. The Morgan fingerprint density at radius 1 is 0.932 bits per heavy atom. The van der Waals surface area contributed by atoms with E-state index in [1.807, 2.05) is 71.3 Å². The molecule has 0 unspecified atom stereocenters. The van der Waals surface area contributed by atoms with Crippen LogP contribution in [0.1, 0.15) is 62.0 Å². The van der Waals surface area contributed by atoms with Crippen LogP contribution in [0.4, 0.5) is 4.79 Å². The molecule has 0 aliphatic carbocycles. The first-order chi connectivity index (χ1) is 20.6. The van der Waals surface area contributed by atoms with Crippen molar-refractivity contribution in [3.8, 4) is 5.75 Å². The molecule has 0 saturated carbocycles. The zero-order valence-corrected chi connectivity index (χ0v) is 27.8. The SMILES string of the molecule is CCOc1cc(C(C)(C)C)ccc1C1=N[C@@H](c2ccc(Cl)cc2)[C@@H](c2ccc(Cl)cc2)N1C(=O)N1CCN(CC=O)CC1.Cl. The monoisotopic (exact) mass is 656 g/mol. The minimum absolute atomic E-state index is 0. The van der Waals surface area contributed by atoms with Crippen LogP contribution in [0, 0.1) is 0 Å². The number of ether oxygens (including phenoxy) is 1. The van der Waals surface area contributed by atoms with Gasteiger partial charge in [-0.05, 0) is 65.4 Å². The summed E-state index contributed by atoms with van der Waals surface area (Å²) in [6.07, 6.45) is 0.909. The Morgan fingerprint density at radius 3 is 2.07 bits per heavy atom. The van der Waals surface area contributed by atoms with Crippen LogP contribution in [0.5, 0.6) is 5.75 Å². The lowest BCUT2D eigenvalue weighted by Gasteiger charge is -2.38. The number of amidine groups is 1. The predicted octanol–water partition coefficient (Wildman–Crippen LogP) is 7.59. The Kier molecular flexibility index (Phi) is 11.0. The van der Waals surface area contributed by atoms with Crippen LogP contribution in [0.25, 0.3) is 0 Å². The Morgan fingerprint density at radius 2 is 1.52 bits per heavy atom. The molecule has 1 saturated heterocycles. The van der Waals surface area contributed by atoms with E-state index in [2.05, 4.69) is 37.8 Å². The summed E-state index contributed by atoms with van der Waals surface area (Å²) < 4.78 is 6.21. The largest absolute Gasteiger partial charge is 0.493 e. The summed E-state index contributed by atoms with van der Waals surface area (Å²) in [4.78, 5) is 36.8. The fourth-order valence-electron chi connectivity index (χ4n) is 5.68. The highest BCUT2D eigenvalue weighted by Crippen LogP contribution is 2.46. The Balaban J connectivity index is 0.00000442. The topological polar surface area (TPSA) is 65.5 Å². The first-order valence-electron chi connectivity index (χ1n) is 14.7. The van der Waals surface area contributed by atoms with Crippen LogP contribution in [0.2, 0.25) is 10.0 Å². The number of aliphatic imine (C=N–C) groups is 1. The molecule has 234 valence electrons. The molecule has 10 heteroatoms. The zero-order chi connectivity index (χ0) is 30.7. The summed E-state index contributed by atoms with van der Waals surface area (Å²) in [5.74, 6) is 1.25. The molecule has 1 fully saturated rings. The summed E-state index contributed by atoms with van der Waals surface area (Å²) >= 11 is 12.6. The molecule has 2 heterocycles. The van der Waals surface area contributed by atoms with Crippen molar-refractivity contribution in [1.82, 2.24) is 14.7 Å². The highest BCUT2D eigenvalue weighted by atomic mass is 35.5. The van der Waals surface area contributed by atoms with Gasteiger partial charge in [-0.15, -0.1) is 12.4 Å². The summed E-state index contributed by atoms with van der Waals surface area (Å²) in [7, 11) is 0. The second kappa shape index (κ2) is 14.3. The quantitative estimate of drug-likeness (QED) is 0.246. The number of rotatable bonds is 7. The van der Waals surface area contributed by atoms with E-state index in [1.165, 1.54) is 0 Å². The molecule has 2 amide bonds. The number of carbonyl (C=O) groups is 2. The van der Waals surface area contributed by atoms with E-state index in [9.17, 15) is 9.59 Å². The minimum atomic E-state index is -0.439. The van der Waals surface area contributed by atoms with Crippen molar-refractivity contribution in [2.24, 2.45) is 4.99 Å². The normalized spacial score (nSPS) is 18.9. The van der Waals surface area contributed by atoms with Crippen LogP contribution in [-0.4, -0.2) is 72.2 Å². The average Bonchev–Trinajstić information content (AvgIpc) is 3.38. The van der Waals surface area contributed by atoms with Gasteiger partial charge < -0.3 is 14.4 Å². The molecule has 0 radical (unpaired) electrons. The van der Waals surface area contributed by atoms with E-state index in [0.717, 1.165) is 28.5 Å². The Hall–Kier alpha value is -3.10. The fraction of sp³-hybridized carbons (Fsp3) is 0.382. The molecular formula is C34H39Cl3N4O3. The highest BCUT2D eigenvalue weighted by Gasteiger charge is 2.45. The second-order valence-corrected chi connectivity index (χ2v) is 12.8. The molecule has 2 atom stereocenters. The molecule has 7 nitrogen and oxygen atoms in total. The maximum atomic E-state index is 14.6. The number of hydrogen-bond donors (Lipinski definition) is 0. The third kappa shape index (κ3) is 7.23. The van der Waals surface area contributed by atoms with E-state index in [-0.39, 0.29) is 23.9 Å².